The summed E-state index contributed by atoms with van der Waals surface area (Å²) in [6, 6.07) is 0. The van der Waals surface area contributed by atoms with Gasteiger partial charge in [0.25, 0.3) is 0 Å². The maximum atomic E-state index is 14.3. The van der Waals surface area contributed by atoms with Gasteiger partial charge in [-0.2, -0.15) is 0 Å². The Morgan fingerprint density at radius 2 is 1.94 bits per heavy atom. The molecule has 7 heteroatoms. The molecule has 35 heavy (non-hydrogen) atoms. The summed E-state index contributed by atoms with van der Waals surface area (Å²) in [6.07, 6.45) is 2.44. The molecular weight excluding hydrogens is 448 g/mol. The monoisotopic (exact) mass is 486 g/mol. The van der Waals surface area contributed by atoms with E-state index in [1.165, 1.54) is 5.57 Å². The average molecular weight is 487 g/mol. The average Bonchev–Trinajstić information content (AvgIpc) is 2.90. The van der Waals surface area contributed by atoms with Crippen molar-refractivity contribution in [2.45, 2.75) is 96.8 Å². The van der Waals surface area contributed by atoms with Crippen molar-refractivity contribution in [2.75, 3.05) is 13.2 Å². The predicted molar refractivity (Wildman–Crippen MR) is 125 cm³/mol. The van der Waals surface area contributed by atoms with E-state index in [0.29, 0.717) is 18.8 Å². The molecule has 7 nitrogen and oxygen atoms in total. The van der Waals surface area contributed by atoms with Gasteiger partial charge in [-0.05, 0) is 68.9 Å². The van der Waals surface area contributed by atoms with Crippen LogP contribution in [0, 0.1) is 34.0 Å². The van der Waals surface area contributed by atoms with E-state index in [1.54, 1.807) is 0 Å². The third-order valence-electron chi connectivity index (χ3n) is 10.6. The lowest BCUT2D eigenvalue weighted by molar-refractivity contribution is -0.527. The number of Topliss-reactive ketones (excluding diaryl/α,β-unsaturated/α-hetero) is 1. The molecule has 6 fully saturated rings. The molecule has 4 aliphatic carbocycles. The van der Waals surface area contributed by atoms with E-state index in [1.807, 2.05) is 20.8 Å². The van der Waals surface area contributed by atoms with E-state index < -0.39 is 34.6 Å². The Kier molecular flexibility index (Phi) is 4.32. The summed E-state index contributed by atoms with van der Waals surface area (Å²) < 4.78 is 32.6. The predicted octanol–water partition coefficient (Wildman–Crippen LogP) is 3.85. The molecule has 3 saturated carbocycles. The molecule has 9 atom stereocenters. The maximum absolute atomic E-state index is 14.3. The Balaban J connectivity index is 1.51. The second-order valence-electron chi connectivity index (χ2n) is 13.1. The largest absolute Gasteiger partial charge is 0.469 e. The summed E-state index contributed by atoms with van der Waals surface area (Å²) in [7, 11) is 0. The fraction of sp³-hybridized carbons (Fsp3) is 0.821. The van der Waals surface area contributed by atoms with Crippen LogP contribution in [0.15, 0.2) is 23.5 Å². The molecule has 8 aliphatic rings. The van der Waals surface area contributed by atoms with Gasteiger partial charge in [-0.3, -0.25) is 4.79 Å². The van der Waals surface area contributed by atoms with Crippen molar-refractivity contribution in [3.8, 4) is 0 Å². The third-order valence-corrected chi connectivity index (χ3v) is 10.6. The fourth-order valence-electron chi connectivity index (χ4n) is 9.95. The first-order valence-electron chi connectivity index (χ1n) is 13.4. The lowest BCUT2D eigenvalue weighted by Crippen LogP contribution is -2.87. The number of carbonyl (C=O) groups is 1. The Morgan fingerprint density at radius 3 is 2.69 bits per heavy atom. The van der Waals surface area contributed by atoms with Gasteiger partial charge in [-0.15, -0.1) is 0 Å². The molecule has 4 heterocycles. The minimum Gasteiger partial charge on any atom is -0.469 e. The molecule has 4 aliphatic heterocycles. The highest BCUT2D eigenvalue weighted by Gasteiger charge is 2.90. The first kappa shape index (κ1) is 22.9. The van der Waals surface area contributed by atoms with E-state index >= 15 is 0 Å². The summed E-state index contributed by atoms with van der Waals surface area (Å²) in [5.41, 5.74) is -0.134. The second-order valence-corrected chi connectivity index (χ2v) is 13.1. The van der Waals surface area contributed by atoms with Crippen molar-refractivity contribution in [1.82, 2.24) is 0 Å². The molecule has 1 N–H and O–H groups in total. The highest BCUT2D eigenvalue weighted by atomic mass is 16.8. The Morgan fingerprint density at radius 1 is 1.17 bits per heavy atom. The molecule has 0 aromatic carbocycles. The standard InChI is InChI=1S/C28H38O7/c1-7-31-18-11-8-15-12-24(3,4)19-21(30)28-27-17(26(19,13-32-28)22(15)33-18)10-9-16(14(2)20(27)29)23(27)34-25(5,6)35-28/h16-19,21,23,30H,2,7-13H2,1,3-6H3/t16-,17-,18-,19+,21-,23+,26-,27-,28+/m0/s1. The number of rotatable bonds is 2. The maximum Gasteiger partial charge on any atom is 0.213 e. The molecular formula is C28H38O7. The number of hydrogen-bond donors (Lipinski definition) is 1. The lowest BCUT2D eigenvalue weighted by Gasteiger charge is -2.77. The van der Waals surface area contributed by atoms with Crippen molar-refractivity contribution < 1.29 is 33.6 Å². The van der Waals surface area contributed by atoms with Crippen LogP contribution in [0.5, 0.6) is 0 Å². The van der Waals surface area contributed by atoms with E-state index in [2.05, 4.69) is 20.4 Å². The van der Waals surface area contributed by atoms with Crippen molar-refractivity contribution in [1.29, 1.82) is 0 Å². The number of fused-ring (bicyclic) bond motifs is 1. The van der Waals surface area contributed by atoms with Crippen LogP contribution in [0.2, 0.25) is 0 Å². The molecule has 0 radical (unpaired) electrons. The zero-order valence-electron chi connectivity index (χ0n) is 21.5. The zero-order valence-corrected chi connectivity index (χ0v) is 21.5. The van der Waals surface area contributed by atoms with Crippen LogP contribution in [-0.2, 0) is 28.5 Å². The van der Waals surface area contributed by atoms with Gasteiger partial charge in [0.15, 0.2) is 17.9 Å². The van der Waals surface area contributed by atoms with Crippen LogP contribution in [0.4, 0.5) is 0 Å². The number of ether oxygens (including phenoxy) is 5. The van der Waals surface area contributed by atoms with Gasteiger partial charge >= 0.3 is 0 Å². The van der Waals surface area contributed by atoms with Crippen LogP contribution in [0.1, 0.15) is 66.7 Å². The first-order valence-corrected chi connectivity index (χ1v) is 13.4. The molecule has 8 rings (SSSR count). The number of hydrogen-bond acceptors (Lipinski definition) is 7. The zero-order chi connectivity index (χ0) is 24.8. The summed E-state index contributed by atoms with van der Waals surface area (Å²) in [6.45, 7) is 15.4. The van der Waals surface area contributed by atoms with Crippen molar-refractivity contribution >= 4 is 5.78 Å². The Hall–Kier alpha value is -1.25. The van der Waals surface area contributed by atoms with Crippen LogP contribution in [0.3, 0.4) is 0 Å². The quantitative estimate of drug-likeness (QED) is 0.594. The van der Waals surface area contributed by atoms with Crippen LogP contribution < -0.4 is 0 Å². The second kappa shape index (κ2) is 6.60. The minimum atomic E-state index is -1.46. The van der Waals surface area contributed by atoms with E-state index in [4.69, 9.17) is 23.7 Å². The van der Waals surface area contributed by atoms with Gasteiger partial charge in [0.2, 0.25) is 5.79 Å². The van der Waals surface area contributed by atoms with Crippen molar-refractivity contribution in [3.05, 3.63) is 23.5 Å². The number of aliphatic hydroxyl groups is 1. The van der Waals surface area contributed by atoms with E-state index in [9.17, 15) is 9.90 Å². The molecule has 192 valence electrons. The van der Waals surface area contributed by atoms with Gasteiger partial charge in [0.05, 0.1) is 18.1 Å². The highest BCUT2D eigenvalue weighted by Crippen LogP contribution is 2.80. The normalized spacial score (nSPS) is 52.5. The molecule has 0 aromatic rings. The molecule has 0 amide bonds. The molecule has 4 bridgehead atoms. The number of aliphatic hydroxyl groups excluding tert-OH is 1. The number of allylic oxidation sites excluding steroid dienone is 1. The van der Waals surface area contributed by atoms with Gasteiger partial charge in [0.1, 0.15) is 17.3 Å². The van der Waals surface area contributed by atoms with E-state index in [0.717, 1.165) is 37.9 Å². The van der Waals surface area contributed by atoms with Crippen LogP contribution in [0.25, 0.3) is 0 Å². The van der Waals surface area contributed by atoms with Crippen molar-refractivity contribution in [3.63, 3.8) is 0 Å². The molecule has 0 aromatic heterocycles. The lowest BCUT2D eigenvalue weighted by atomic mass is 9.36. The van der Waals surface area contributed by atoms with Crippen molar-refractivity contribution in [2.24, 2.45) is 34.0 Å². The highest BCUT2D eigenvalue weighted by molar-refractivity contribution is 6.05. The van der Waals surface area contributed by atoms with Crippen LogP contribution in [-0.4, -0.2) is 54.2 Å². The topological polar surface area (TPSA) is 83.5 Å². The summed E-state index contributed by atoms with van der Waals surface area (Å²) in [5, 5.41) is 12.4. The number of ketones is 1. The molecule has 3 spiro atoms. The van der Waals surface area contributed by atoms with Crippen LogP contribution >= 0.6 is 0 Å². The summed E-state index contributed by atoms with van der Waals surface area (Å²) in [5.74, 6) is -2.01. The summed E-state index contributed by atoms with van der Waals surface area (Å²) in [4.78, 5) is 14.3. The minimum absolute atomic E-state index is 0.0511. The fourth-order valence-corrected chi connectivity index (χ4v) is 9.95. The Bertz CT molecular complexity index is 1060. The van der Waals surface area contributed by atoms with Gasteiger partial charge in [-0.1, -0.05) is 20.4 Å². The van der Waals surface area contributed by atoms with E-state index in [-0.39, 0.29) is 35.2 Å². The first-order chi connectivity index (χ1) is 16.5. The SMILES string of the molecule is C=C1C(=O)[C@@]23[C@@H]4OC(C)(C)O[C@@]25OC[C@]2(C6=C(CC[C@@H](OCC)O6)CC(C)(C)[C@H]2[C@@H]5O)[C@@H]3CC[C@@H]14. The third kappa shape index (κ3) is 2.31. The smallest absolute Gasteiger partial charge is 0.213 e. The molecule has 3 saturated heterocycles. The van der Waals surface area contributed by atoms with Gasteiger partial charge < -0.3 is 28.8 Å². The Labute approximate surface area is 207 Å². The molecule has 0 unspecified atom stereocenters. The summed E-state index contributed by atoms with van der Waals surface area (Å²) >= 11 is 0. The van der Waals surface area contributed by atoms with Gasteiger partial charge in [0, 0.05) is 24.9 Å². The number of carbonyl (C=O) groups excluding carboxylic acids is 1. The van der Waals surface area contributed by atoms with Gasteiger partial charge in [-0.25, -0.2) is 0 Å².